The van der Waals surface area contributed by atoms with Gasteiger partial charge in [0.25, 0.3) is 0 Å². The predicted octanol–water partition coefficient (Wildman–Crippen LogP) is 3.46. The van der Waals surface area contributed by atoms with Crippen LogP contribution in [0.1, 0.15) is 22.7 Å². The normalized spacial score (nSPS) is 11.5. The molecule has 0 heterocycles. The lowest BCUT2D eigenvalue weighted by Gasteiger charge is -2.22. The summed E-state index contributed by atoms with van der Waals surface area (Å²) in [6.45, 7) is 1.95. The maximum Gasteiger partial charge on any atom is 0.407 e. The number of carbonyl (C=O) groups is 1. The average molecular weight is 315 g/mol. The SMILES string of the molecule is COC(=O)NC(c1ccccc1)c1cc(C)c(OC)cc1OC. The van der Waals surface area contributed by atoms with Crippen molar-refractivity contribution in [2.45, 2.75) is 13.0 Å². The molecule has 0 fully saturated rings. The number of methoxy groups -OCH3 is 3. The summed E-state index contributed by atoms with van der Waals surface area (Å²) in [6, 6.07) is 13.0. The van der Waals surface area contributed by atoms with Crippen molar-refractivity contribution < 1.29 is 19.0 Å². The van der Waals surface area contributed by atoms with Crippen LogP contribution in [0.5, 0.6) is 11.5 Å². The monoisotopic (exact) mass is 315 g/mol. The second kappa shape index (κ2) is 7.54. The van der Waals surface area contributed by atoms with E-state index in [0.29, 0.717) is 5.75 Å². The Bertz CT molecular complexity index is 670. The van der Waals surface area contributed by atoms with Crippen LogP contribution in [0.3, 0.4) is 0 Å². The lowest BCUT2D eigenvalue weighted by atomic mass is 9.96. The summed E-state index contributed by atoms with van der Waals surface area (Å²) in [4.78, 5) is 11.8. The first kappa shape index (κ1) is 16.7. The van der Waals surface area contributed by atoms with Crippen LogP contribution < -0.4 is 14.8 Å². The number of hydrogen-bond donors (Lipinski definition) is 1. The zero-order chi connectivity index (χ0) is 16.8. The largest absolute Gasteiger partial charge is 0.496 e. The summed E-state index contributed by atoms with van der Waals surface area (Å²) in [5, 5.41) is 2.86. The van der Waals surface area contributed by atoms with Gasteiger partial charge in [0.1, 0.15) is 11.5 Å². The molecule has 23 heavy (non-hydrogen) atoms. The molecule has 2 aromatic rings. The molecule has 1 atom stereocenters. The highest BCUT2D eigenvalue weighted by Gasteiger charge is 2.22. The van der Waals surface area contributed by atoms with E-state index in [2.05, 4.69) is 5.32 Å². The number of benzene rings is 2. The van der Waals surface area contributed by atoms with Crippen LogP contribution in [0.4, 0.5) is 4.79 Å². The van der Waals surface area contributed by atoms with Gasteiger partial charge in [-0.05, 0) is 24.1 Å². The molecule has 122 valence electrons. The Labute approximate surface area is 136 Å². The highest BCUT2D eigenvalue weighted by Crippen LogP contribution is 2.35. The third kappa shape index (κ3) is 3.74. The minimum absolute atomic E-state index is 0.386. The minimum Gasteiger partial charge on any atom is -0.496 e. The van der Waals surface area contributed by atoms with E-state index in [9.17, 15) is 4.79 Å². The van der Waals surface area contributed by atoms with E-state index in [4.69, 9.17) is 14.2 Å². The van der Waals surface area contributed by atoms with E-state index >= 15 is 0 Å². The Balaban J connectivity index is 2.54. The molecule has 1 unspecified atom stereocenters. The molecule has 0 aliphatic rings. The Morgan fingerprint density at radius 2 is 1.65 bits per heavy atom. The van der Waals surface area contributed by atoms with Crippen molar-refractivity contribution in [1.82, 2.24) is 5.32 Å². The number of aryl methyl sites for hydroxylation is 1. The van der Waals surface area contributed by atoms with Crippen molar-refractivity contribution >= 4 is 6.09 Å². The first-order valence-corrected chi connectivity index (χ1v) is 7.22. The van der Waals surface area contributed by atoms with Crippen LogP contribution in [0.15, 0.2) is 42.5 Å². The maximum absolute atomic E-state index is 11.8. The molecule has 0 radical (unpaired) electrons. The topological polar surface area (TPSA) is 56.8 Å². The number of hydrogen-bond acceptors (Lipinski definition) is 4. The van der Waals surface area contributed by atoms with Gasteiger partial charge in [-0.1, -0.05) is 30.3 Å². The van der Waals surface area contributed by atoms with Crippen molar-refractivity contribution in [1.29, 1.82) is 0 Å². The third-order valence-corrected chi connectivity index (χ3v) is 3.64. The van der Waals surface area contributed by atoms with Gasteiger partial charge in [0.15, 0.2) is 0 Å². The molecule has 0 saturated carbocycles. The molecular weight excluding hydrogens is 294 g/mol. The van der Waals surface area contributed by atoms with Gasteiger partial charge in [0.2, 0.25) is 0 Å². The number of alkyl carbamates (subject to hydrolysis) is 1. The minimum atomic E-state index is -0.505. The summed E-state index contributed by atoms with van der Waals surface area (Å²) in [6.07, 6.45) is -0.505. The molecule has 5 nitrogen and oxygen atoms in total. The van der Waals surface area contributed by atoms with Crippen LogP contribution in [0, 0.1) is 6.92 Å². The molecule has 1 amide bonds. The molecular formula is C18H21NO4. The van der Waals surface area contributed by atoms with Crippen molar-refractivity contribution in [3.05, 3.63) is 59.2 Å². The Morgan fingerprint density at radius 1 is 1.00 bits per heavy atom. The van der Waals surface area contributed by atoms with Gasteiger partial charge in [0, 0.05) is 11.6 Å². The number of amides is 1. The first-order valence-electron chi connectivity index (χ1n) is 7.22. The zero-order valence-electron chi connectivity index (χ0n) is 13.8. The van der Waals surface area contributed by atoms with Gasteiger partial charge in [-0.3, -0.25) is 0 Å². The quantitative estimate of drug-likeness (QED) is 0.918. The molecule has 0 aliphatic carbocycles. The third-order valence-electron chi connectivity index (χ3n) is 3.64. The highest BCUT2D eigenvalue weighted by molar-refractivity contribution is 5.69. The van der Waals surface area contributed by atoms with Gasteiger partial charge in [-0.2, -0.15) is 0 Å². The van der Waals surface area contributed by atoms with E-state index in [-0.39, 0.29) is 6.04 Å². The predicted molar refractivity (Wildman–Crippen MR) is 88.1 cm³/mol. The van der Waals surface area contributed by atoms with Crippen LogP contribution >= 0.6 is 0 Å². The number of rotatable bonds is 5. The Morgan fingerprint density at radius 3 is 2.22 bits per heavy atom. The van der Waals surface area contributed by atoms with Crippen LogP contribution in [0.2, 0.25) is 0 Å². The van der Waals surface area contributed by atoms with E-state index in [1.54, 1.807) is 14.2 Å². The number of carbonyl (C=O) groups excluding carboxylic acids is 1. The number of nitrogens with one attached hydrogen (secondary N) is 1. The first-order chi connectivity index (χ1) is 11.1. The summed E-state index contributed by atoms with van der Waals surface area (Å²) in [5.74, 6) is 1.37. The molecule has 0 bridgehead atoms. The number of ether oxygens (including phenoxy) is 3. The van der Waals surface area contributed by atoms with Crippen molar-refractivity contribution in [3.8, 4) is 11.5 Å². The van der Waals surface area contributed by atoms with Gasteiger partial charge >= 0.3 is 6.09 Å². The van der Waals surface area contributed by atoms with Gasteiger partial charge in [0.05, 0.1) is 27.4 Å². The summed E-state index contributed by atoms with van der Waals surface area (Å²) in [7, 11) is 4.55. The summed E-state index contributed by atoms with van der Waals surface area (Å²) in [5.41, 5.74) is 2.72. The van der Waals surface area contributed by atoms with Gasteiger partial charge in [-0.25, -0.2) is 4.79 Å². The fourth-order valence-corrected chi connectivity index (χ4v) is 2.48. The van der Waals surface area contributed by atoms with Crippen molar-refractivity contribution in [2.75, 3.05) is 21.3 Å². The molecule has 0 aromatic heterocycles. The highest BCUT2D eigenvalue weighted by atomic mass is 16.5. The molecule has 0 spiro atoms. The van der Waals surface area contributed by atoms with Crippen LogP contribution in [-0.2, 0) is 4.74 Å². The Hall–Kier alpha value is -2.69. The lowest BCUT2D eigenvalue weighted by Crippen LogP contribution is -2.29. The molecule has 0 aliphatic heterocycles. The molecule has 2 aromatic carbocycles. The van der Waals surface area contributed by atoms with Gasteiger partial charge in [-0.15, -0.1) is 0 Å². The molecule has 5 heteroatoms. The summed E-state index contributed by atoms with van der Waals surface area (Å²) < 4.78 is 15.6. The Kier molecular flexibility index (Phi) is 5.46. The lowest BCUT2D eigenvalue weighted by molar-refractivity contribution is 0.168. The molecule has 2 rings (SSSR count). The van der Waals surface area contributed by atoms with E-state index in [1.165, 1.54) is 7.11 Å². The molecule has 0 saturated heterocycles. The van der Waals surface area contributed by atoms with Crippen LogP contribution in [-0.4, -0.2) is 27.4 Å². The van der Waals surface area contributed by atoms with Crippen molar-refractivity contribution in [3.63, 3.8) is 0 Å². The standard InChI is InChI=1S/C18H21NO4/c1-12-10-14(16(22-3)11-15(12)21-2)17(19-18(20)23-4)13-8-6-5-7-9-13/h5-11,17H,1-4H3,(H,19,20). The fraction of sp³-hybridized carbons (Fsp3) is 0.278. The summed E-state index contributed by atoms with van der Waals surface area (Å²) >= 11 is 0. The smallest absolute Gasteiger partial charge is 0.407 e. The van der Waals surface area contributed by atoms with Crippen LogP contribution in [0.25, 0.3) is 0 Å². The maximum atomic E-state index is 11.8. The second-order valence-corrected chi connectivity index (χ2v) is 5.04. The van der Waals surface area contributed by atoms with E-state index in [1.807, 2.05) is 49.4 Å². The van der Waals surface area contributed by atoms with E-state index < -0.39 is 6.09 Å². The average Bonchev–Trinajstić information content (AvgIpc) is 2.60. The zero-order valence-corrected chi connectivity index (χ0v) is 13.8. The van der Waals surface area contributed by atoms with E-state index in [0.717, 1.165) is 22.4 Å². The van der Waals surface area contributed by atoms with Gasteiger partial charge < -0.3 is 19.5 Å². The van der Waals surface area contributed by atoms with Crippen molar-refractivity contribution in [2.24, 2.45) is 0 Å². The fourth-order valence-electron chi connectivity index (χ4n) is 2.48. The second-order valence-electron chi connectivity index (χ2n) is 5.04. The molecule has 1 N–H and O–H groups in total.